The molecule has 2 heterocycles. The highest BCUT2D eigenvalue weighted by molar-refractivity contribution is 7.22. The third kappa shape index (κ3) is 5.59. The molecule has 0 atom stereocenters. The highest BCUT2D eigenvalue weighted by Crippen LogP contribution is 2.28. The summed E-state index contributed by atoms with van der Waals surface area (Å²) in [6.07, 6.45) is 2.21. The van der Waals surface area contributed by atoms with Gasteiger partial charge in [-0.3, -0.25) is 9.69 Å². The van der Waals surface area contributed by atoms with Gasteiger partial charge in [-0.2, -0.15) is 0 Å². The lowest BCUT2D eigenvalue weighted by atomic mass is 10.0. The van der Waals surface area contributed by atoms with Crippen LogP contribution in [0, 0.1) is 0 Å². The minimum Gasteiger partial charge on any atom is -0.359 e. The van der Waals surface area contributed by atoms with E-state index in [2.05, 4.69) is 45.9 Å². The maximum absolute atomic E-state index is 12.6. The van der Waals surface area contributed by atoms with Crippen LogP contribution in [0.25, 0.3) is 10.2 Å². The summed E-state index contributed by atoms with van der Waals surface area (Å²) >= 11 is 1.62. The molecule has 1 saturated heterocycles. The highest BCUT2D eigenvalue weighted by atomic mass is 32.1. The van der Waals surface area contributed by atoms with Crippen LogP contribution in [0.15, 0.2) is 78.9 Å². The molecule has 4 aromatic rings. The molecule has 168 valence electrons. The zero-order valence-electron chi connectivity index (χ0n) is 18.5. The summed E-state index contributed by atoms with van der Waals surface area (Å²) in [4.78, 5) is 19.9. The van der Waals surface area contributed by atoms with Gasteiger partial charge in [-0.05, 0) is 42.2 Å². The molecule has 5 rings (SSSR count). The minimum atomic E-state index is -0.0607. The van der Waals surface area contributed by atoms with E-state index in [1.807, 2.05) is 48.5 Å². The second-order valence-electron chi connectivity index (χ2n) is 8.55. The fourth-order valence-electron chi connectivity index (χ4n) is 4.26. The van der Waals surface area contributed by atoms with Gasteiger partial charge in [0.2, 0.25) is 0 Å². The molecule has 1 fully saturated rings. The second kappa shape index (κ2) is 10.1. The Labute approximate surface area is 198 Å². The second-order valence-corrected chi connectivity index (χ2v) is 9.58. The summed E-state index contributed by atoms with van der Waals surface area (Å²) < 4.78 is 1.03. The van der Waals surface area contributed by atoms with E-state index < -0.39 is 0 Å². The van der Waals surface area contributed by atoms with Crippen LogP contribution in [-0.4, -0.2) is 34.9 Å². The van der Waals surface area contributed by atoms with Crippen molar-refractivity contribution in [2.75, 3.05) is 18.4 Å². The predicted molar refractivity (Wildman–Crippen MR) is 136 cm³/mol. The van der Waals surface area contributed by atoms with Crippen molar-refractivity contribution in [1.29, 1.82) is 0 Å². The van der Waals surface area contributed by atoms with E-state index in [9.17, 15) is 4.79 Å². The molecule has 1 aliphatic rings. The molecule has 0 spiro atoms. The zero-order chi connectivity index (χ0) is 22.5. The van der Waals surface area contributed by atoms with Gasteiger partial charge in [-0.25, -0.2) is 4.98 Å². The van der Waals surface area contributed by atoms with Crippen LogP contribution in [0.4, 0.5) is 5.13 Å². The molecule has 0 unspecified atom stereocenters. The van der Waals surface area contributed by atoms with Gasteiger partial charge in [-0.1, -0.05) is 72.0 Å². The van der Waals surface area contributed by atoms with Crippen molar-refractivity contribution in [3.8, 4) is 0 Å². The number of anilines is 1. The third-order valence-electron chi connectivity index (χ3n) is 6.11. The number of hydrogen-bond acceptors (Lipinski definition) is 5. The lowest BCUT2D eigenvalue weighted by Crippen LogP contribution is -2.38. The van der Waals surface area contributed by atoms with Crippen molar-refractivity contribution in [1.82, 2.24) is 15.2 Å². The largest absolute Gasteiger partial charge is 0.359 e. The van der Waals surface area contributed by atoms with E-state index >= 15 is 0 Å². The Bertz CT molecular complexity index is 1200. The fraction of sp³-hybridized carbons (Fsp3) is 0.259. The third-order valence-corrected chi connectivity index (χ3v) is 7.06. The van der Waals surface area contributed by atoms with E-state index in [0.29, 0.717) is 18.2 Å². The average Bonchev–Trinajstić information content (AvgIpc) is 3.26. The number of fused-ring (bicyclic) bond motifs is 1. The van der Waals surface area contributed by atoms with Gasteiger partial charge in [0.05, 0.1) is 10.2 Å². The summed E-state index contributed by atoms with van der Waals surface area (Å²) in [5.74, 6) is -0.0607. The number of carbonyl (C=O) groups is 1. The molecule has 33 heavy (non-hydrogen) atoms. The Morgan fingerprint density at radius 2 is 1.64 bits per heavy atom. The van der Waals surface area contributed by atoms with Crippen LogP contribution in [-0.2, 0) is 13.1 Å². The summed E-state index contributed by atoms with van der Waals surface area (Å²) in [6.45, 7) is 3.71. The van der Waals surface area contributed by atoms with Gasteiger partial charge >= 0.3 is 0 Å². The fourth-order valence-corrected chi connectivity index (χ4v) is 5.24. The Balaban J connectivity index is 1.16. The average molecular weight is 457 g/mol. The number of piperidine rings is 1. The molecule has 6 heteroatoms. The van der Waals surface area contributed by atoms with E-state index in [0.717, 1.165) is 53.4 Å². The first-order chi connectivity index (χ1) is 16.2. The number of amides is 1. The Kier molecular flexibility index (Phi) is 6.65. The summed E-state index contributed by atoms with van der Waals surface area (Å²) in [5, 5.41) is 7.57. The molecule has 1 aliphatic heterocycles. The Morgan fingerprint density at radius 1 is 0.939 bits per heavy atom. The Hall–Kier alpha value is -3.22. The van der Waals surface area contributed by atoms with Crippen molar-refractivity contribution in [2.45, 2.75) is 32.0 Å². The van der Waals surface area contributed by atoms with Crippen molar-refractivity contribution in [3.05, 3.63) is 95.6 Å². The normalized spacial score (nSPS) is 14.9. The highest BCUT2D eigenvalue weighted by Gasteiger charge is 2.20. The molecule has 1 amide bonds. The molecule has 0 aliphatic carbocycles. The van der Waals surface area contributed by atoms with Gasteiger partial charge in [0.25, 0.3) is 5.91 Å². The van der Waals surface area contributed by atoms with Crippen molar-refractivity contribution in [2.24, 2.45) is 0 Å². The monoisotopic (exact) mass is 456 g/mol. The van der Waals surface area contributed by atoms with Crippen LogP contribution in [0.1, 0.15) is 34.3 Å². The number of benzene rings is 3. The molecular weight excluding hydrogens is 428 g/mol. The first kappa shape index (κ1) is 21.6. The van der Waals surface area contributed by atoms with Crippen molar-refractivity contribution in [3.63, 3.8) is 0 Å². The molecule has 0 bridgehead atoms. The number of nitrogens with one attached hydrogen (secondary N) is 2. The lowest BCUT2D eigenvalue weighted by molar-refractivity contribution is 0.0951. The van der Waals surface area contributed by atoms with E-state index in [1.165, 1.54) is 5.56 Å². The van der Waals surface area contributed by atoms with E-state index in [1.54, 1.807) is 11.3 Å². The number of thiazole rings is 1. The molecule has 1 aromatic heterocycles. The minimum absolute atomic E-state index is 0.0607. The number of carbonyl (C=O) groups excluding carboxylic acids is 1. The summed E-state index contributed by atoms with van der Waals surface area (Å²) in [5.41, 5.74) is 4.07. The zero-order valence-corrected chi connectivity index (χ0v) is 19.4. The first-order valence-corrected chi connectivity index (χ1v) is 12.3. The number of aromatic nitrogens is 1. The number of hydrogen-bond donors (Lipinski definition) is 2. The molecule has 3 aromatic carbocycles. The van der Waals surface area contributed by atoms with Crippen LogP contribution < -0.4 is 10.6 Å². The molecule has 0 radical (unpaired) electrons. The maximum atomic E-state index is 12.6. The SMILES string of the molecule is O=C(NCc1ccccc1)c1ccc2nc(NC3CCN(Cc4ccccc4)CC3)sc2c1. The van der Waals surface area contributed by atoms with Gasteiger partial charge in [0.1, 0.15) is 0 Å². The van der Waals surface area contributed by atoms with Crippen molar-refractivity contribution >= 4 is 32.6 Å². The maximum Gasteiger partial charge on any atom is 0.251 e. The number of nitrogens with zero attached hydrogens (tertiary/aromatic N) is 2. The topological polar surface area (TPSA) is 57.3 Å². The van der Waals surface area contributed by atoms with Gasteiger partial charge in [0, 0.05) is 37.8 Å². The standard InChI is InChI=1S/C27H28N4OS/c32-26(28-18-20-7-3-1-4-8-20)22-11-12-24-25(17-22)33-27(30-24)29-23-13-15-31(16-14-23)19-21-9-5-2-6-10-21/h1-12,17,23H,13-16,18-19H2,(H,28,32)(H,29,30). The smallest absolute Gasteiger partial charge is 0.251 e. The van der Waals surface area contributed by atoms with Crippen LogP contribution in [0.5, 0.6) is 0 Å². The van der Waals surface area contributed by atoms with E-state index in [-0.39, 0.29) is 5.91 Å². The van der Waals surface area contributed by atoms with Gasteiger partial charge < -0.3 is 10.6 Å². The Morgan fingerprint density at radius 3 is 2.36 bits per heavy atom. The summed E-state index contributed by atoms with van der Waals surface area (Å²) in [7, 11) is 0. The van der Waals surface area contributed by atoms with E-state index in [4.69, 9.17) is 4.98 Å². The molecule has 0 saturated carbocycles. The van der Waals surface area contributed by atoms with Crippen LogP contribution in [0.2, 0.25) is 0 Å². The molecule has 5 nitrogen and oxygen atoms in total. The number of rotatable bonds is 7. The van der Waals surface area contributed by atoms with Crippen LogP contribution in [0.3, 0.4) is 0 Å². The number of likely N-dealkylation sites (tertiary alicyclic amines) is 1. The lowest BCUT2D eigenvalue weighted by Gasteiger charge is -2.32. The van der Waals surface area contributed by atoms with Crippen molar-refractivity contribution < 1.29 is 4.79 Å². The van der Waals surface area contributed by atoms with Crippen LogP contribution >= 0.6 is 11.3 Å². The molecule has 2 N–H and O–H groups in total. The quantitative estimate of drug-likeness (QED) is 0.396. The van der Waals surface area contributed by atoms with Gasteiger partial charge in [-0.15, -0.1) is 0 Å². The summed E-state index contributed by atoms with van der Waals surface area (Å²) in [6, 6.07) is 26.8. The predicted octanol–water partition coefficient (Wildman–Crippen LogP) is 5.30. The molecular formula is C27H28N4OS. The van der Waals surface area contributed by atoms with Gasteiger partial charge in [0.15, 0.2) is 5.13 Å². The first-order valence-electron chi connectivity index (χ1n) is 11.5.